The zero-order valence-electron chi connectivity index (χ0n) is 7.12. The standard InChI is InChI=1S/C11H9O2/c1-2-4-9(3-1)11(10-5-6-10)12-7-8-13-11/h1-3,5-6H,7-8H2/q+1. The van der Waals surface area contributed by atoms with Gasteiger partial charge in [0, 0.05) is 0 Å². The molecule has 1 aromatic carbocycles. The van der Waals surface area contributed by atoms with Crippen molar-refractivity contribution in [1.29, 1.82) is 0 Å². The number of hydrogen-bond donors (Lipinski definition) is 0. The Labute approximate surface area is 76.5 Å². The van der Waals surface area contributed by atoms with Crippen molar-refractivity contribution in [2.45, 2.75) is 5.79 Å². The monoisotopic (exact) mass is 173 g/mol. The van der Waals surface area contributed by atoms with E-state index >= 15 is 0 Å². The molecule has 1 aliphatic carbocycles. The van der Waals surface area contributed by atoms with Crippen molar-refractivity contribution in [3.8, 4) is 0 Å². The second-order valence-electron chi connectivity index (χ2n) is 3.19. The van der Waals surface area contributed by atoms with Crippen LogP contribution >= 0.6 is 0 Å². The third kappa shape index (κ3) is 0.939. The van der Waals surface area contributed by atoms with Gasteiger partial charge in [-0.25, -0.2) is 0 Å². The van der Waals surface area contributed by atoms with Crippen LogP contribution in [-0.2, 0) is 15.3 Å². The topological polar surface area (TPSA) is 18.5 Å². The van der Waals surface area contributed by atoms with Crippen LogP contribution in [0.3, 0.4) is 0 Å². The molecule has 0 amide bonds. The van der Waals surface area contributed by atoms with Crippen molar-refractivity contribution in [2.24, 2.45) is 0 Å². The average Bonchev–Trinajstić information content (AvgIpc) is 2.73. The highest BCUT2D eigenvalue weighted by atomic mass is 16.7. The highest BCUT2D eigenvalue weighted by Gasteiger charge is 2.52. The smallest absolute Gasteiger partial charge is 0.304 e. The third-order valence-corrected chi connectivity index (χ3v) is 2.36. The lowest BCUT2D eigenvalue weighted by Gasteiger charge is -2.17. The molecule has 1 heterocycles. The minimum Gasteiger partial charge on any atom is -0.327 e. The maximum atomic E-state index is 5.66. The summed E-state index contributed by atoms with van der Waals surface area (Å²) in [6, 6.07) is 4.04. The van der Waals surface area contributed by atoms with E-state index in [-0.39, 0.29) is 0 Å². The second kappa shape index (κ2) is 2.39. The van der Waals surface area contributed by atoms with E-state index in [1.807, 2.05) is 30.4 Å². The summed E-state index contributed by atoms with van der Waals surface area (Å²) < 4.78 is 11.3. The molecule has 0 N–H and O–H groups in total. The maximum absolute atomic E-state index is 5.66. The van der Waals surface area contributed by atoms with Gasteiger partial charge < -0.3 is 9.47 Å². The molecule has 2 nitrogen and oxygen atoms in total. The minimum atomic E-state index is -0.622. The van der Waals surface area contributed by atoms with E-state index in [9.17, 15) is 0 Å². The minimum absolute atomic E-state index is 0.622. The normalized spacial score (nSPS) is 24.5. The van der Waals surface area contributed by atoms with Crippen LogP contribution in [0.15, 0.2) is 41.7 Å². The first-order valence-electron chi connectivity index (χ1n) is 4.39. The van der Waals surface area contributed by atoms with Gasteiger partial charge in [0.1, 0.15) is 0 Å². The largest absolute Gasteiger partial charge is 0.327 e. The highest BCUT2D eigenvalue weighted by molar-refractivity contribution is 5.44. The fourth-order valence-electron chi connectivity index (χ4n) is 1.69. The summed E-state index contributed by atoms with van der Waals surface area (Å²) in [6.07, 6.45) is 5.81. The van der Waals surface area contributed by atoms with Crippen molar-refractivity contribution >= 4 is 0 Å². The van der Waals surface area contributed by atoms with Crippen molar-refractivity contribution in [3.05, 3.63) is 47.2 Å². The summed E-state index contributed by atoms with van der Waals surface area (Å²) in [4.78, 5) is 0. The first-order chi connectivity index (χ1) is 6.42. The van der Waals surface area contributed by atoms with Crippen LogP contribution in [0.25, 0.3) is 0 Å². The Hall–Kier alpha value is -1.21. The molecule has 2 heteroatoms. The molecule has 1 fully saturated rings. The van der Waals surface area contributed by atoms with Crippen LogP contribution in [0.2, 0.25) is 0 Å². The molecule has 1 aliphatic heterocycles. The maximum Gasteiger partial charge on any atom is 0.304 e. The Bertz CT molecular complexity index is 376. The summed E-state index contributed by atoms with van der Waals surface area (Å²) in [5, 5.41) is 0. The first-order valence-corrected chi connectivity index (χ1v) is 4.39. The molecule has 0 radical (unpaired) electrons. The molecule has 0 unspecified atom stereocenters. The van der Waals surface area contributed by atoms with Gasteiger partial charge in [-0.1, -0.05) is 6.08 Å². The Morgan fingerprint density at radius 1 is 1.38 bits per heavy atom. The molecule has 0 atom stereocenters. The van der Waals surface area contributed by atoms with Crippen LogP contribution in [0, 0.1) is 0 Å². The SMILES string of the molecule is C1=CC=CC=1C1(c2c[cH+]2)OCCO1. The Balaban J connectivity index is 2.05. The van der Waals surface area contributed by atoms with Gasteiger partial charge in [0.25, 0.3) is 0 Å². The van der Waals surface area contributed by atoms with Crippen molar-refractivity contribution < 1.29 is 9.47 Å². The van der Waals surface area contributed by atoms with E-state index in [0.717, 1.165) is 11.1 Å². The van der Waals surface area contributed by atoms with Crippen molar-refractivity contribution in [1.82, 2.24) is 0 Å². The quantitative estimate of drug-likeness (QED) is 0.500. The van der Waals surface area contributed by atoms with E-state index in [4.69, 9.17) is 9.47 Å². The van der Waals surface area contributed by atoms with Crippen LogP contribution in [0.5, 0.6) is 0 Å². The molecule has 0 saturated carbocycles. The fraction of sp³-hybridized carbons (Fsp3) is 0.273. The van der Waals surface area contributed by atoms with E-state index in [2.05, 4.69) is 5.73 Å². The Kier molecular flexibility index (Phi) is 1.33. The molecule has 0 aromatic heterocycles. The van der Waals surface area contributed by atoms with Gasteiger partial charge in [-0.15, -0.1) is 5.73 Å². The van der Waals surface area contributed by atoms with E-state index in [1.165, 1.54) is 0 Å². The molecule has 0 bridgehead atoms. The molecular weight excluding hydrogens is 164 g/mol. The average molecular weight is 173 g/mol. The van der Waals surface area contributed by atoms with Crippen molar-refractivity contribution in [3.63, 3.8) is 0 Å². The van der Waals surface area contributed by atoms with Crippen LogP contribution < -0.4 is 0 Å². The molecule has 64 valence electrons. The van der Waals surface area contributed by atoms with Gasteiger partial charge in [0.15, 0.2) is 12.1 Å². The van der Waals surface area contributed by atoms with Gasteiger partial charge in [0.2, 0.25) is 5.56 Å². The number of ether oxygens (including phenoxy) is 2. The molecule has 1 saturated heterocycles. The third-order valence-electron chi connectivity index (χ3n) is 2.36. The number of hydrogen-bond acceptors (Lipinski definition) is 2. The van der Waals surface area contributed by atoms with Gasteiger partial charge in [-0.05, 0) is 12.2 Å². The van der Waals surface area contributed by atoms with Gasteiger partial charge >= 0.3 is 5.79 Å². The fourth-order valence-corrected chi connectivity index (χ4v) is 1.69. The number of rotatable bonds is 2. The zero-order valence-corrected chi connectivity index (χ0v) is 7.12. The molecule has 1 aromatic rings. The molecule has 13 heavy (non-hydrogen) atoms. The van der Waals surface area contributed by atoms with E-state index < -0.39 is 5.79 Å². The van der Waals surface area contributed by atoms with Crippen molar-refractivity contribution in [2.75, 3.05) is 13.2 Å². The van der Waals surface area contributed by atoms with Crippen LogP contribution in [0.1, 0.15) is 5.56 Å². The van der Waals surface area contributed by atoms with Crippen LogP contribution in [-0.4, -0.2) is 13.2 Å². The van der Waals surface area contributed by atoms with Gasteiger partial charge in [-0.3, -0.25) is 0 Å². The Morgan fingerprint density at radius 2 is 2.15 bits per heavy atom. The predicted octanol–water partition coefficient (Wildman–Crippen LogP) is 1.69. The van der Waals surface area contributed by atoms with Gasteiger partial charge in [-0.2, -0.15) is 0 Å². The van der Waals surface area contributed by atoms with Crippen LogP contribution in [0.4, 0.5) is 0 Å². The van der Waals surface area contributed by atoms with Gasteiger partial charge in [0.05, 0.1) is 18.8 Å². The van der Waals surface area contributed by atoms with E-state index in [0.29, 0.717) is 13.2 Å². The second-order valence-corrected chi connectivity index (χ2v) is 3.19. The molecule has 2 aliphatic rings. The Morgan fingerprint density at radius 3 is 2.69 bits per heavy atom. The van der Waals surface area contributed by atoms with E-state index in [1.54, 1.807) is 0 Å². The number of allylic oxidation sites excluding steroid dienone is 1. The molecule has 3 rings (SSSR count). The lowest BCUT2D eigenvalue weighted by atomic mass is 10.1. The first kappa shape index (κ1) is 7.22. The molecular formula is C11H9O2+. The summed E-state index contributed by atoms with van der Waals surface area (Å²) >= 11 is 0. The molecule has 0 spiro atoms. The zero-order chi connectivity index (χ0) is 8.73. The summed E-state index contributed by atoms with van der Waals surface area (Å²) in [5.74, 6) is -0.622. The summed E-state index contributed by atoms with van der Waals surface area (Å²) in [6.45, 7) is 1.31. The highest BCUT2D eigenvalue weighted by Crippen LogP contribution is 2.42. The lowest BCUT2D eigenvalue weighted by molar-refractivity contribution is -0.127. The summed E-state index contributed by atoms with van der Waals surface area (Å²) in [7, 11) is 0. The predicted molar refractivity (Wildman–Crippen MR) is 47.5 cm³/mol. The lowest BCUT2D eigenvalue weighted by Crippen LogP contribution is -2.25. The summed E-state index contributed by atoms with van der Waals surface area (Å²) in [5.41, 5.74) is 5.23.